The molecular weight excluding hydrogens is 574 g/mol. The van der Waals surface area contributed by atoms with Crippen LogP contribution < -0.4 is 20.9 Å². The number of carbonyl (C=O) groups is 2. The van der Waals surface area contributed by atoms with Crippen LogP contribution in [0.4, 0.5) is 17.3 Å². The highest BCUT2D eigenvalue weighted by atomic mass is 35.5. The lowest BCUT2D eigenvalue weighted by Gasteiger charge is -2.31. The van der Waals surface area contributed by atoms with E-state index in [1.807, 2.05) is 42.6 Å². The van der Waals surface area contributed by atoms with Crippen LogP contribution in [0.5, 0.6) is 0 Å². The number of halogens is 1. The fraction of sp³-hybridized carbons (Fsp3) is 0.353. The molecule has 0 radical (unpaired) electrons. The minimum atomic E-state index is -0.275. The molecule has 1 aliphatic heterocycles. The number of anilines is 3. The highest BCUT2D eigenvalue weighted by molar-refractivity contribution is 6.33. The van der Waals surface area contributed by atoms with Crippen LogP contribution in [-0.2, 0) is 4.79 Å². The Hall–Kier alpha value is -4.37. The van der Waals surface area contributed by atoms with Gasteiger partial charge in [0, 0.05) is 53.5 Å². The van der Waals surface area contributed by atoms with E-state index in [2.05, 4.69) is 37.4 Å². The summed E-state index contributed by atoms with van der Waals surface area (Å²) < 4.78 is 0. The standard InChI is InChI=1S/C34H38ClN7O2/c1-2-31(43)38-24-14-15-26(30(19-24)42-16-7-3-4-8-17-42)33(44)39-22-10-9-11-23(18-22)40-34-37-21-28(35)32(41-34)27-20-36-29-13-6-5-12-25(27)29/h2,5-6,12-15,19-23,36H,1,3-4,7-11,16-18H2,(H,38,43)(H,39,44)(H,37,40,41)/t22-,23+/m0/s1. The van der Waals surface area contributed by atoms with Crippen molar-refractivity contribution in [1.29, 1.82) is 0 Å². The Labute approximate surface area is 262 Å². The van der Waals surface area contributed by atoms with Crippen molar-refractivity contribution in [1.82, 2.24) is 20.3 Å². The predicted molar refractivity (Wildman–Crippen MR) is 177 cm³/mol. The second-order valence-corrected chi connectivity index (χ2v) is 12.1. The Bertz CT molecular complexity index is 1660. The number of hydrogen-bond acceptors (Lipinski definition) is 6. The number of carbonyl (C=O) groups excluding carboxylic acids is 2. The summed E-state index contributed by atoms with van der Waals surface area (Å²) >= 11 is 6.55. The van der Waals surface area contributed by atoms with Gasteiger partial charge in [-0.15, -0.1) is 0 Å². The third kappa shape index (κ3) is 6.73. The number of fused-ring (bicyclic) bond motifs is 1. The second-order valence-electron chi connectivity index (χ2n) is 11.6. The maximum atomic E-state index is 13.7. The number of para-hydroxylation sites is 1. The van der Waals surface area contributed by atoms with E-state index in [1.165, 1.54) is 18.9 Å². The van der Waals surface area contributed by atoms with Gasteiger partial charge in [-0.3, -0.25) is 9.59 Å². The average Bonchev–Trinajstić information content (AvgIpc) is 3.27. The minimum absolute atomic E-state index is 0.00580. The molecule has 9 nitrogen and oxygen atoms in total. The van der Waals surface area contributed by atoms with Crippen LogP contribution in [-0.4, -0.2) is 51.9 Å². The summed E-state index contributed by atoms with van der Waals surface area (Å²) in [6, 6.07) is 13.7. The molecule has 6 rings (SSSR count). The van der Waals surface area contributed by atoms with Crippen molar-refractivity contribution in [3.8, 4) is 11.3 Å². The summed E-state index contributed by atoms with van der Waals surface area (Å²) in [4.78, 5) is 40.5. The highest BCUT2D eigenvalue weighted by Crippen LogP contribution is 2.33. The Morgan fingerprint density at radius 2 is 1.82 bits per heavy atom. The number of aromatic amines is 1. The lowest BCUT2D eigenvalue weighted by atomic mass is 9.90. The molecule has 4 aromatic rings. The van der Waals surface area contributed by atoms with E-state index >= 15 is 0 Å². The number of nitrogens with zero attached hydrogens (tertiary/aromatic N) is 3. The van der Waals surface area contributed by atoms with Crippen molar-refractivity contribution < 1.29 is 9.59 Å². The molecule has 2 aromatic carbocycles. The first-order valence-corrected chi connectivity index (χ1v) is 15.8. The first-order valence-electron chi connectivity index (χ1n) is 15.5. The van der Waals surface area contributed by atoms with Crippen LogP contribution in [0, 0.1) is 0 Å². The molecule has 228 valence electrons. The summed E-state index contributed by atoms with van der Waals surface area (Å²) in [7, 11) is 0. The number of aromatic nitrogens is 3. The van der Waals surface area contributed by atoms with Crippen molar-refractivity contribution >= 4 is 51.6 Å². The van der Waals surface area contributed by atoms with E-state index < -0.39 is 0 Å². The van der Waals surface area contributed by atoms with Crippen LogP contribution >= 0.6 is 11.6 Å². The van der Waals surface area contributed by atoms with Gasteiger partial charge in [0.05, 0.1) is 28.2 Å². The molecule has 44 heavy (non-hydrogen) atoms. The Balaban J connectivity index is 1.16. The summed E-state index contributed by atoms with van der Waals surface area (Å²) in [6.45, 7) is 5.32. The van der Waals surface area contributed by atoms with Crippen molar-refractivity contribution in [2.24, 2.45) is 0 Å². The van der Waals surface area contributed by atoms with E-state index in [0.717, 1.165) is 73.8 Å². The third-order valence-electron chi connectivity index (χ3n) is 8.57. The van der Waals surface area contributed by atoms with Gasteiger partial charge < -0.3 is 25.8 Å². The van der Waals surface area contributed by atoms with Crippen LogP contribution in [0.15, 0.2) is 67.5 Å². The molecule has 3 heterocycles. The van der Waals surface area contributed by atoms with Gasteiger partial charge in [-0.25, -0.2) is 9.97 Å². The number of amides is 2. The van der Waals surface area contributed by atoms with Gasteiger partial charge in [-0.05, 0) is 68.9 Å². The second kappa shape index (κ2) is 13.5. The first kappa shape index (κ1) is 29.7. The number of H-pyrrole nitrogens is 1. The van der Waals surface area contributed by atoms with Crippen LogP contribution in [0.3, 0.4) is 0 Å². The molecule has 4 N–H and O–H groups in total. The topological polar surface area (TPSA) is 115 Å². The molecule has 2 aromatic heterocycles. The van der Waals surface area contributed by atoms with Gasteiger partial charge in [-0.2, -0.15) is 0 Å². The Morgan fingerprint density at radius 3 is 2.64 bits per heavy atom. The van der Waals surface area contributed by atoms with Gasteiger partial charge in [0.1, 0.15) is 0 Å². The fourth-order valence-electron chi connectivity index (χ4n) is 6.36. The maximum Gasteiger partial charge on any atom is 0.253 e. The summed E-state index contributed by atoms with van der Waals surface area (Å²) in [5.74, 6) is 0.149. The summed E-state index contributed by atoms with van der Waals surface area (Å²) in [6.07, 6.45) is 12.9. The molecule has 2 fully saturated rings. The number of benzene rings is 2. The quantitative estimate of drug-likeness (QED) is 0.161. The van der Waals surface area contributed by atoms with E-state index in [4.69, 9.17) is 16.6 Å². The van der Waals surface area contributed by atoms with Crippen LogP contribution in [0.25, 0.3) is 22.2 Å². The van der Waals surface area contributed by atoms with E-state index in [-0.39, 0.29) is 23.9 Å². The molecular formula is C34H38ClN7O2. The molecule has 1 saturated carbocycles. The average molecular weight is 612 g/mol. The normalized spacial score (nSPS) is 18.8. The lowest BCUT2D eigenvalue weighted by molar-refractivity contribution is -0.111. The predicted octanol–water partition coefficient (Wildman–Crippen LogP) is 6.94. The molecule has 0 bridgehead atoms. The smallest absolute Gasteiger partial charge is 0.253 e. The van der Waals surface area contributed by atoms with Crippen molar-refractivity contribution in [2.45, 2.75) is 63.5 Å². The van der Waals surface area contributed by atoms with Gasteiger partial charge in [0.25, 0.3) is 5.91 Å². The first-order chi connectivity index (χ1) is 21.5. The molecule has 2 amide bonds. The SMILES string of the molecule is C=CC(=O)Nc1ccc(C(=O)N[C@H]2CCC[C@@H](Nc3ncc(Cl)c(-c4c[nH]c5ccccc45)n3)C2)c(N2CCCCCC2)c1. The van der Waals surface area contributed by atoms with Gasteiger partial charge >= 0.3 is 0 Å². The molecule has 1 saturated heterocycles. The zero-order valence-electron chi connectivity index (χ0n) is 24.7. The van der Waals surface area contributed by atoms with Crippen molar-refractivity contribution in [3.63, 3.8) is 0 Å². The fourth-order valence-corrected chi connectivity index (χ4v) is 6.55. The van der Waals surface area contributed by atoms with Gasteiger partial charge in [0.2, 0.25) is 11.9 Å². The number of nitrogens with one attached hydrogen (secondary N) is 4. The van der Waals surface area contributed by atoms with E-state index in [0.29, 0.717) is 27.9 Å². The van der Waals surface area contributed by atoms with E-state index in [9.17, 15) is 9.59 Å². The van der Waals surface area contributed by atoms with Crippen molar-refractivity contribution in [2.75, 3.05) is 28.6 Å². The summed E-state index contributed by atoms with van der Waals surface area (Å²) in [5, 5.41) is 11.2. The highest BCUT2D eigenvalue weighted by Gasteiger charge is 2.27. The molecule has 10 heteroatoms. The minimum Gasteiger partial charge on any atom is -0.371 e. The molecule has 1 aliphatic carbocycles. The molecule has 0 unspecified atom stereocenters. The van der Waals surface area contributed by atoms with Crippen LogP contribution in [0.2, 0.25) is 5.02 Å². The lowest BCUT2D eigenvalue weighted by Crippen LogP contribution is -2.42. The zero-order valence-corrected chi connectivity index (χ0v) is 25.5. The van der Waals surface area contributed by atoms with Crippen LogP contribution in [0.1, 0.15) is 61.7 Å². The maximum absolute atomic E-state index is 13.7. The largest absolute Gasteiger partial charge is 0.371 e. The monoisotopic (exact) mass is 611 g/mol. The van der Waals surface area contributed by atoms with Gasteiger partial charge in [-0.1, -0.05) is 49.2 Å². The van der Waals surface area contributed by atoms with Crippen molar-refractivity contribution in [3.05, 3.63) is 78.1 Å². The molecule has 2 atom stereocenters. The third-order valence-corrected chi connectivity index (χ3v) is 8.85. The summed E-state index contributed by atoms with van der Waals surface area (Å²) in [5.41, 5.74) is 4.77. The number of hydrogen-bond donors (Lipinski definition) is 4. The Morgan fingerprint density at radius 1 is 1.02 bits per heavy atom. The van der Waals surface area contributed by atoms with E-state index in [1.54, 1.807) is 12.3 Å². The Kier molecular flexibility index (Phi) is 9.12. The molecule has 0 spiro atoms. The van der Waals surface area contributed by atoms with Gasteiger partial charge in [0.15, 0.2) is 0 Å². The zero-order chi connectivity index (χ0) is 30.5. The molecule has 2 aliphatic rings. The number of rotatable bonds is 8.